The highest BCUT2D eigenvalue weighted by molar-refractivity contribution is 5.45. The molecule has 0 aliphatic heterocycles. The van der Waals surface area contributed by atoms with Crippen LogP contribution >= 0.6 is 0 Å². The van der Waals surface area contributed by atoms with Gasteiger partial charge in [-0.15, -0.1) is 0 Å². The molecule has 0 saturated carbocycles. The van der Waals surface area contributed by atoms with Crippen molar-refractivity contribution in [1.82, 2.24) is 15.1 Å². The van der Waals surface area contributed by atoms with E-state index in [1.807, 2.05) is 19.2 Å². The van der Waals surface area contributed by atoms with Gasteiger partial charge in [0, 0.05) is 12.7 Å². The summed E-state index contributed by atoms with van der Waals surface area (Å²) in [5.74, 6) is 0. The number of nitrogens with one attached hydrogen (secondary N) is 1. The lowest BCUT2D eigenvalue weighted by Crippen LogP contribution is -2.18. The van der Waals surface area contributed by atoms with Gasteiger partial charge in [0.1, 0.15) is 0 Å². The molecule has 4 nitrogen and oxygen atoms in total. The van der Waals surface area contributed by atoms with Crippen molar-refractivity contribution in [2.75, 3.05) is 6.54 Å². The zero-order chi connectivity index (χ0) is 8.10. The van der Waals surface area contributed by atoms with E-state index in [-0.39, 0.29) is 0 Å². The van der Waals surface area contributed by atoms with Crippen LogP contribution in [0.4, 0.5) is 0 Å². The molecule has 1 amide bonds. The molecule has 1 aromatic rings. The van der Waals surface area contributed by atoms with Crippen molar-refractivity contribution >= 4 is 6.41 Å². The number of rotatable bonds is 4. The number of aryl methyl sites for hydroxylation is 1. The van der Waals surface area contributed by atoms with Crippen molar-refractivity contribution in [3.8, 4) is 0 Å². The van der Waals surface area contributed by atoms with Gasteiger partial charge in [0.05, 0.1) is 12.2 Å². The molecule has 1 rings (SSSR count). The zero-order valence-corrected chi connectivity index (χ0v) is 6.45. The van der Waals surface area contributed by atoms with Crippen molar-refractivity contribution in [3.05, 3.63) is 18.0 Å². The van der Waals surface area contributed by atoms with Crippen LogP contribution in [-0.2, 0) is 11.3 Å². The van der Waals surface area contributed by atoms with Crippen molar-refractivity contribution in [2.24, 2.45) is 0 Å². The Kier molecular flexibility index (Phi) is 2.66. The Morgan fingerprint density at radius 2 is 2.64 bits per heavy atom. The van der Waals surface area contributed by atoms with Crippen molar-refractivity contribution in [3.63, 3.8) is 0 Å². The molecule has 0 unspecified atom stereocenters. The second kappa shape index (κ2) is 3.75. The predicted octanol–water partition coefficient (Wildman–Crippen LogP) is -0.0625. The second-order valence-corrected chi connectivity index (χ2v) is 2.29. The molecule has 1 N–H and O–H groups in total. The molecule has 0 radical (unpaired) electrons. The van der Waals surface area contributed by atoms with Gasteiger partial charge >= 0.3 is 0 Å². The van der Waals surface area contributed by atoms with Crippen LogP contribution in [-0.4, -0.2) is 22.7 Å². The van der Waals surface area contributed by atoms with Crippen LogP contribution in [0, 0.1) is 6.92 Å². The molecule has 0 aromatic carbocycles. The maximum absolute atomic E-state index is 9.86. The summed E-state index contributed by atoms with van der Waals surface area (Å²) in [7, 11) is 0. The Labute approximate surface area is 65.2 Å². The SMILES string of the molecule is Cc1ccn(CCNC=O)n1. The molecule has 60 valence electrons. The van der Waals surface area contributed by atoms with Gasteiger partial charge in [0.25, 0.3) is 0 Å². The van der Waals surface area contributed by atoms with Crippen molar-refractivity contribution in [2.45, 2.75) is 13.5 Å². The van der Waals surface area contributed by atoms with Crippen molar-refractivity contribution < 1.29 is 4.79 Å². The molecule has 1 aromatic heterocycles. The summed E-state index contributed by atoms with van der Waals surface area (Å²) < 4.78 is 1.80. The third kappa shape index (κ3) is 2.41. The zero-order valence-electron chi connectivity index (χ0n) is 6.45. The van der Waals surface area contributed by atoms with Crippen LogP contribution in [0.1, 0.15) is 5.69 Å². The van der Waals surface area contributed by atoms with Crippen LogP contribution in [0.3, 0.4) is 0 Å². The van der Waals surface area contributed by atoms with Crippen LogP contribution in [0.2, 0.25) is 0 Å². The molecule has 0 atom stereocenters. The molecule has 1 heterocycles. The minimum absolute atomic E-state index is 0.630. The average molecular weight is 153 g/mol. The van der Waals surface area contributed by atoms with Gasteiger partial charge in [0.15, 0.2) is 0 Å². The fourth-order valence-electron chi connectivity index (χ4n) is 0.826. The summed E-state index contributed by atoms with van der Waals surface area (Å²) in [6, 6.07) is 1.93. The molecule has 4 heteroatoms. The van der Waals surface area contributed by atoms with Crippen LogP contribution in [0.15, 0.2) is 12.3 Å². The summed E-state index contributed by atoms with van der Waals surface area (Å²) in [5.41, 5.74) is 0.996. The lowest BCUT2D eigenvalue weighted by Gasteiger charge is -1.98. The first-order valence-corrected chi connectivity index (χ1v) is 3.50. The van der Waals surface area contributed by atoms with E-state index in [4.69, 9.17) is 0 Å². The Bertz CT molecular complexity index is 231. The molecule has 11 heavy (non-hydrogen) atoms. The Balaban J connectivity index is 2.32. The molecular weight excluding hydrogens is 142 g/mol. The first-order valence-electron chi connectivity index (χ1n) is 3.50. The summed E-state index contributed by atoms with van der Waals surface area (Å²) in [4.78, 5) is 9.86. The lowest BCUT2D eigenvalue weighted by molar-refractivity contribution is -0.109. The van der Waals surface area contributed by atoms with E-state index >= 15 is 0 Å². The lowest BCUT2D eigenvalue weighted by atomic mass is 10.5. The van der Waals surface area contributed by atoms with Crippen LogP contribution < -0.4 is 5.32 Å². The number of amides is 1. The number of carbonyl (C=O) groups is 1. The Hall–Kier alpha value is -1.32. The van der Waals surface area contributed by atoms with Crippen LogP contribution in [0.5, 0.6) is 0 Å². The second-order valence-electron chi connectivity index (χ2n) is 2.29. The van der Waals surface area contributed by atoms with E-state index in [0.29, 0.717) is 13.0 Å². The minimum atomic E-state index is 0.630. The van der Waals surface area contributed by atoms with Gasteiger partial charge in [-0.3, -0.25) is 9.48 Å². The number of hydrogen-bond acceptors (Lipinski definition) is 2. The van der Waals surface area contributed by atoms with Gasteiger partial charge in [-0.1, -0.05) is 0 Å². The number of carbonyl (C=O) groups excluding carboxylic acids is 1. The van der Waals surface area contributed by atoms with Crippen molar-refractivity contribution in [1.29, 1.82) is 0 Å². The van der Waals surface area contributed by atoms with Crippen LogP contribution in [0.25, 0.3) is 0 Å². The Morgan fingerprint density at radius 1 is 1.82 bits per heavy atom. The number of aromatic nitrogens is 2. The quantitative estimate of drug-likeness (QED) is 0.486. The highest BCUT2D eigenvalue weighted by Gasteiger charge is 1.91. The molecule has 0 saturated heterocycles. The minimum Gasteiger partial charge on any atom is -0.357 e. The smallest absolute Gasteiger partial charge is 0.207 e. The third-order valence-electron chi connectivity index (χ3n) is 1.34. The van der Waals surface area contributed by atoms with E-state index in [1.165, 1.54) is 0 Å². The topological polar surface area (TPSA) is 46.9 Å². The van der Waals surface area contributed by atoms with E-state index in [0.717, 1.165) is 12.2 Å². The summed E-state index contributed by atoms with van der Waals surface area (Å²) >= 11 is 0. The molecule has 0 aliphatic rings. The van der Waals surface area contributed by atoms with E-state index in [9.17, 15) is 4.79 Å². The fourth-order valence-corrected chi connectivity index (χ4v) is 0.826. The van der Waals surface area contributed by atoms with E-state index < -0.39 is 0 Å². The van der Waals surface area contributed by atoms with Gasteiger partial charge in [-0.2, -0.15) is 5.10 Å². The summed E-state index contributed by atoms with van der Waals surface area (Å²) in [6.07, 6.45) is 2.58. The van der Waals surface area contributed by atoms with Gasteiger partial charge in [-0.05, 0) is 13.0 Å². The molecular formula is C7H11N3O. The maximum atomic E-state index is 9.86. The fraction of sp³-hybridized carbons (Fsp3) is 0.429. The normalized spacial score (nSPS) is 9.55. The third-order valence-corrected chi connectivity index (χ3v) is 1.34. The maximum Gasteiger partial charge on any atom is 0.207 e. The largest absolute Gasteiger partial charge is 0.357 e. The van der Waals surface area contributed by atoms with E-state index in [2.05, 4.69) is 10.4 Å². The number of hydrogen-bond donors (Lipinski definition) is 1. The molecule has 0 bridgehead atoms. The van der Waals surface area contributed by atoms with Gasteiger partial charge < -0.3 is 5.32 Å². The molecule has 0 spiro atoms. The summed E-state index contributed by atoms with van der Waals surface area (Å²) in [6.45, 7) is 3.29. The summed E-state index contributed by atoms with van der Waals surface area (Å²) in [5, 5.41) is 6.71. The van der Waals surface area contributed by atoms with Gasteiger partial charge in [0.2, 0.25) is 6.41 Å². The average Bonchev–Trinajstić information content (AvgIpc) is 2.37. The molecule has 0 fully saturated rings. The number of nitrogens with zero attached hydrogens (tertiary/aromatic N) is 2. The van der Waals surface area contributed by atoms with Gasteiger partial charge in [-0.25, -0.2) is 0 Å². The first-order chi connectivity index (χ1) is 5.33. The monoisotopic (exact) mass is 153 g/mol. The first kappa shape index (κ1) is 7.78. The highest BCUT2D eigenvalue weighted by atomic mass is 16.1. The standard InChI is InChI=1S/C7H11N3O/c1-7-2-4-10(9-7)5-3-8-6-11/h2,4,6H,3,5H2,1H3,(H,8,11). The highest BCUT2D eigenvalue weighted by Crippen LogP contribution is 1.90. The molecule has 0 aliphatic carbocycles. The Morgan fingerprint density at radius 3 is 3.18 bits per heavy atom. The predicted molar refractivity (Wildman–Crippen MR) is 41.0 cm³/mol. The van der Waals surface area contributed by atoms with E-state index in [1.54, 1.807) is 4.68 Å².